The van der Waals surface area contributed by atoms with Crippen molar-refractivity contribution < 1.29 is 17.9 Å². The number of amides is 1. The predicted octanol–water partition coefficient (Wildman–Crippen LogP) is 2.69. The van der Waals surface area contributed by atoms with E-state index >= 15 is 0 Å². The Morgan fingerprint density at radius 2 is 2.00 bits per heavy atom. The molecule has 2 aromatic carbocycles. The molecule has 8 heteroatoms. The molecule has 0 fully saturated rings. The number of carbonyl (C=O) groups excluding carboxylic acids is 1. The summed E-state index contributed by atoms with van der Waals surface area (Å²) in [6, 6.07) is 14.7. The molecule has 0 saturated carbocycles. The summed E-state index contributed by atoms with van der Waals surface area (Å²) >= 11 is 0. The molecular formula is C20H23N3O4S. The number of hydrogen-bond acceptors (Lipinski definition) is 5. The topological polar surface area (TPSA) is 88.1 Å². The van der Waals surface area contributed by atoms with E-state index in [1.807, 2.05) is 37.3 Å². The van der Waals surface area contributed by atoms with E-state index in [4.69, 9.17) is 4.74 Å². The van der Waals surface area contributed by atoms with E-state index in [9.17, 15) is 13.2 Å². The molecule has 0 aromatic heterocycles. The summed E-state index contributed by atoms with van der Waals surface area (Å²) in [6.07, 6.45) is 1.63. The first-order valence-electron chi connectivity index (χ1n) is 8.80. The van der Waals surface area contributed by atoms with Crippen molar-refractivity contribution in [2.24, 2.45) is 5.10 Å². The third-order valence-electron chi connectivity index (χ3n) is 4.36. The highest BCUT2D eigenvalue weighted by atomic mass is 32.2. The lowest BCUT2D eigenvalue weighted by molar-refractivity contribution is -0.137. The van der Waals surface area contributed by atoms with Crippen molar-refractivity contribution in [2.45, 2.75) is 19.4 Å². The van der Waals surface area contributed by atoms with Gasteiger partial charge in [-0.05, 0) is 30.2 Å². The van der Waals surface area contributed by atoms with Crippen LogP contribution >= 0.6 is 0 Å². The first kappa shape index (κ1) is 20.0. The zero-order valence-electron chi connectivity index (χ0n) is 16.0. The van der Waals surface area contributed by atoms with Crippen LogP contribution in [0.3, 0.4) is 0 Å². The molecule has 0 unspecified atom stereocenters. The largest absolute Gasteiger partial charge is 0.375 e. The van der Waals surface area contributed by atoms with Crippen LogP contribution in [0, 0.1) is 6.92 Å². The highest BCUT2D eigenvalue weighted by Crippen LogP contribution is 2.33. The normalized spacial score (nSPS) is 16.8. The van der Waals surface area contributed by atoms with Crippen LogP contribution in [-0.4, -0.2) is 45.0 Å². The Labute approximate surface area is 165 Å². The van der Waals surface area contributed by atoms with Gasteiger partial charge in [0.15, 0.2) is 0 Å². The maximum Gasteiger partial charge on any atom is 0.269 e. The standard InChI is InChI=1S/C20H23N3O4S/c1-14-6-4-8-16(10-14)19-12-18(21-23(19)20(24)13-27-2)15-7-5-9-17(11-15)22-28(3,25)26/h4-11,19,22H,12-13H2,1-3H3/t19-/m0/s1. The average molecular weight is 401 g/mol. The molecule has 1 aliphatic rings. The Balaban J connectivity index is 1.95. The summed E-state index contributed by atoms with van der Waals surface area (Å²) < 4.78 is 30.5. The van der Waals surface area contributed by atoms with Crippen molar-refractivity contribution in [3.8, 4) is 0 Å². The Kier molecular flexibility index (Phi) is 5.81. The van der Waals surface area contributed by atoms with Crippen LogP contribution in [0.5, 0.6) is 0 Å². The van der Waals surface area contributed by atoms with Crippen molar-refractivity contribution in [1.82, 2.24) is 5.01 Å². The van der Waals surface area contributed by atoms with Gasteiger partial charge in [-0.1, -0.05) is 42.0 Å². The fourth-order valence-electron chi connectivity index (χ4n) is 3.22. The zero-order chi connectivity index (χ0) is 20.3. The lowest BCUT2D eigenvalue weighted by atomic mass is 9.97. The molecule has 7 nitrogen and oxygen atoms in total. The smallest absolute Gasteiger partial charge is 0.269 e. The van der Waals surface area contributed by atoms with E-state index < -0.39 is 10.0 Å². The highest BCUT2D eigenvalue weighted by molar-refractivity contribution is 7.92. The van der Waals surface area contributed by atoms with Crippen molar-refractivity contribution in [2.75, 3.05) is 24.7 Å². The Hall–Kier alpha value is -2.71. The van der Waals surface area contributed by atoms with Gasteiger partial charge in [-0.2, -0.15) is 5.10 Å². The molecule has 0 spiro atoms. The molecular weight excluding hydrogens is 378 g/mol. The molecule has 1 amide bonds. The van der Waals surface area contributed by atoms with Gasteiger partial charge < -0.3 is 4.74 Å². The number of rotatable bonds is 6. The predicted molar refractivity (Wildman–Crippen MR) is 109 cm³/mol. The van der Waals surface area contributed by atoms with Gasteiger partial charge in [0, 0.05) is 19.2 Å². The lowest BCUT2D eigenvalue weighted by Gasteiger charge is -2.22. The molecule has 3 rings (SSSR count). The second-order valence-electron chi connectivity index (χ2n) is 6.81. The van der Waals surface area contributed by atoms with E-state index in [1.165, 1.54) is 12.1 Å². The number of aryl methyl sites for hydroxylation is 1. The number of benzene rings is 2. The maximum absolute atomic E-state index is 12.5. The number of hydrogen-bond donors (Lipinski definition) is 1. The Morgan fingerprint density at radius 1 is 1.25 bits per heavy atom. The number of nitrogens with zero attached hydrogens (tertiary/aromatic N) is 2. The van der Waals surface area contributed by atoms with Crippen LogP contribution in [0.1, 0.15) is 29.2 Å². The quantitative estimate of drug-likeness (QED) is 0.806. The second kappa shape index (κ2) is 8.12. The summed E-state index contributed by atoms with van der Waals surface area (Å²) in [5.41, 5.74) is 4.03. The molecule has 1 heterocycles. The number of nitrogens with one attached hydrogen (secondary N) is 1. The molecule has 0 radical (unpaired) electrons. The van der Waals surface area contributed by atoms with Crippen LogP contribution in [0.4, 0.5) is 5.69 Å². The highest BCUT2D eigenvalue weighted by Gasteiger charge is 2.33. The van der Waals surface area contributed by atoms with Crippen LogP contribution < -0.4 is 4.72 Å². The molecule has 0 aliphatic carbocycles. The molecule has 28 heavy (non-hydrogen) atoms. The van der Waals surface area contributed by atoms with Crippen molar-refractivity contribution in [1.29, 1.82) is 0 Å². The van der Waals surface area contributed by atoms with Gasteiger partial charge in [-0.15, -0.1) is 0 Å². The van der Waals surface area contributed by atoms with Crippen LogP contribution in [0.15, 0.2) is 53.6 Å². The first-order valence-corrected chi connectivity index (χ1v) is 10.7. The van der Waals surface area contributed by atoms with Crippen LogP contribution in [-0.2, 0) is 19.6 Å². The maximum atomic E-state index is 12.5. The van der Waals surface area contributed by atoms with Gasteiger partial charge in [0.1, 0.15) is 6.61 Å². The van der Waals surface area contributed by atoms with Gasteiger partial charge in [0.05, 0.1) is 18.0 Å². The summed E-state index contributed by atoms with van der Waals surface area (Å²) in [5, 5.41) is 6.01. The number of methoxy groups -OCH3 is 1. The minimum Gasteiger partial charge on any atom is -0.375 e. The van der Waals surface area contributed by atoms with Crippen LogP contribution in [0.25, 0.3) is 0 Å². The summed E-state index contributed by atoms with van der Waals surface area (Å²) in [6.45, 7) is 1.94. The summed E-state index contributed by atoms with van der Waals surface area (Å²) in [4.78, 5) is 12.5. The molecule has 0 saturated heterocycles. The number of sulfonamides is 1. The minimum absolute atomic E-state index is 0.0607. The SMILES string of the molecule is COCC(=O)N1N=C(c2cccc(NS(C)(=O)=O)c2)C[C@H]1c1cccc(C)c1. The fourth-order valence-corrected chi connectivity index (χ4v) is 3.77. The number of carbonyl (C=O) groups is 1. The Morgan fingerprint density at radius 3 is 2.68 bits per heavy atom. The minimum atomic E-state index is -3.38. The van der Waals surface area contributed by atoms with Gasteiger partial charge in [0.2, 0.25) is 10.0 Å². The van der Waals surface area contributed by atoms with Gasteiger partial charge in [0.25, 0.3) is 5.91 Å². The van der Waals surface area contributed by atoms with E-state index in [2.05, 4.69) is 9.82 Å². The second-order valence-corrected chi connectivity index (χ2v) is 8.56. The van der Waals surface area contributed by atoms with E-state index in [0.717, 1.165) is 22.9 Å². The number of ether oxygens (including phenoxy) is 1. The Bertz CT molecular complexity index is 1020. The van der Waals surface area contributed by atoms with E-state index in [1.54, 1.807) is 18.2 Å². The average Bonchev–Trinajstić information content (AvgIpc) is 3.06. The zero-order valence-corrected chi connectivity index (χ0v) is 16.9. The first-order chi connectivity index (χ1) is 13.3. The van der Waals surface area contributed by atoms with Gasteiger partial charge in [-0.3, -0.25) is 9.52 Å². The van der Waals surface area contributed by atoms with Gasteiger partial charge >= 0.3 is 0 Å². The van der Waals surface area contributed by atoms with Crippen molar-refractivity contribution >= 4 is 27.3 Å². The summed E-state index contributed by atoms with van der Waals surface area (Å²) in [5.74, 6) is -0.227. The molecule has 1 N–H and O–H groups in total. The summed E-state index contributed by atoms with van der Waals surface area (Å²) in [7, 11) is -1.91. The number of hydrazone groups is 1. The van der Waals surface area contributed by atoms with Crippen LogP contribution in [0.2, 0.25) is 0 Å². The molecule has 1 atom stereocenters. The third-order valence-corrected chi connectivity index (χ3v) is 4.97. The lowest BCUT2D eigenvalue weighted by Crippen LogP contribution is -2.30. The van der Waals surface area contributed by atoms with E-state index in [0.29, 0.717) is 17.8 Å². The number of anilines is 1. The van der Waals surface area contributed by atoms with Gasteiger partial charge in [-0.25, -0.2) is 13.4 Å². The molecule has 2 aromatic rings. The van der Waals surface area contributed by atoms with E-state index in [-0.39, 0.29) is 18.6 Å². The third kappa shape index (κ3) is 4.76. The van der Waals surface area contributed by atoms with Crippen molar-refractivity contribution in [3.63, 3.8) is 0 Å². The molecule has 1 aliphatic heterocycles. The molecule has 0 bridgehead atoms. The van der Waals surface area contributed by atoms with Crippen molar-refractivity contribution in [3.05, 3.63) is 65.2 Å². The monoisotopic (exact) mass is 401 g/mol. The molecule has 148 valence electrons. The fraction of sp³-hybridized carbons (Fsp3) is 0.300.